The van der Waals surface area contributed by atoms with Crippen LogP contribution < -0.4 is 0 Å². The second-order valence-corrected chi connectivity index (χ2v) is 2.18. The molecule has 58 valence electrons. The molecular weight excluding hydrogens is 278 g/mol. The Labute approximate surface area is 84.6 Å². The number of halogens is 2. The summed E-state index contributed by atoms with van der Waals surface area (Å²) in [5.74, 6) is 0. The number of hydrogen-bond acceptors (Lipinski definition) is 3. The first-order valence-corrected chi connectivity index (χ1v) is 3.06. The Morgan fingerprint density at radius 1 is 1.36 bits per heavy atom. The maximum absolute atomic E-state index is 5.59. The molecule has 0 bridgehead atoms. The number of nitrogens with zero attached hydrogens (tertiary/aromatic N) is 4. The maximum Gasteiger partial charge on any atom is 0.177 e. The van der Waals surface area contributed by atoms with E-state index in [9.17, 15) is 0 Å². The Morgan fingerprint density at radius 3 is 3.00 bits per heavy atom. The van der Waals surface area contributed by atoms with Crippen molar-refractivity contribution in [2.24, 2.45) is 0 Å². The summed E-state index contributed by atoms with van der Waals surface area (Å²) in [6.07, 6.45) is 1.50. The van der Waals surface area contributed by atoms with Crippen LogP contribution in [-0.4, -0.2) is 19.8 Å². The summed E-state index contributed by atoms with van der Waals surface area (Å²) < 4.78 is 1.52. The lowest BCUT2D eigenvalue weighted by molar-refractivity contribution is 0.927. The normalized spacial score (nSPS) is 9.55. The lowest BCUT2D eigenvalue weighted by Gasteiger charge is -1.88. The van der Waals surface area contributed by atoms with Gasteiger partial charge in [0.25, 0.3) is 0 Å². The fourth-order valence-corrected chi connectivity index (χ4v) is 0.850. The van der Waals surface area contributed by atoms with Gasteiger partial charge in [0.2, 0.25) is 0 Å². The van der Waals surface area contributed by atoms with Crippen LogP contribution in [0.2, 0.25) is 5.15 Å². The SMILES string of the molecule is Clc1ccc2nncn2n1.I. The molecule has 0 aromatic carbocycles. The first-order valence-electron chi connectivity index (χ1n) is 2.69. The Hall–Kier alpha value is -0.430. The van der Waals surface area contributed by atoms with Gasteiger partial charge in [-0.3, -0.25) is 0 Å². The monoisotopic (exact) mass is 282 g/mol. The zero-order chi connectivity index (χ0) is 6.97. The highest BCUT2D eigenvalue weighted by Crippen LogP contribution is 2.03. The molecule has 11 heavy (non-hydrogen) atoms. The van der Waals surface area contributed by atoms with Crippen LogP contribution in [-0.2, 0) is 0 Å². The summed E-state index contributed by atoms with van der Waals surface area (Å²) in [4.78, 5) is 0. The van der Waals surface area contributed by atoms with E-state index in [2.05, 4.69) is 15.3 Å². The molecule has 2 aromatic rings. The quantitative estimate of drug-likeness (QED) is 0.686. The van der Waals surface area contributed by atoms with Gasteiger partial charge in [-0.2, -0.15) is 9.61 Å². The second kappa shape index (κ2) is 3.31. The van der Waals surface area contributed by atoms with Crippen molar-refractivity contribution in [3.8, 4) is 0 Å². The fraction of sp³-hybridized carbons (Fsp3) is 0. The maximum atomic E-state index is 5.59. The summed E-state index contributed by atoms with van der Waals surface area (Å²) in [7, 11) is 0. The number of fused-ring (bicyclic) bond motifs is 1. The van der Waals surface area contributed by atoms with Crippen LogP contribution in [0.5, 0.6) is 0 Å². The molecule has 2 aromatic heterocycles. The highest BCUT2D eigenvalue weighted by Gasteiger charge is 1.94. The zero-order valence-electron chi connectivity index (χ0n) is 5.31. The Kier molecular flexibility index (Phi) is 2.61. The molecule has 2 heterocycles. The van der Waals surface area contributed by atoms with Crippen LogP contribution >= 0.6 is 35.6 Å². The summed E-state index contributed by atoms with van der Waals surface area (Å²) in [6.45, 7) is 0. The number of hydrogen-bond donors (Lipinski definition) is 0. The minimum absolute atomic E-state index is 0. The summed E-state index contributed by atoms with van der Waals surface area (Å²) in [5.41, 5.74) is 0.699. The molecule has 2 rings (SSSR count). The van der Waals surface area contributed by atoms with Crippen LogP contribution in [0.3, 0.4) is 0 Å². The average Bonchev–Trinajstić information content (AvgIpc) is 2.33. The fourth-order valence-electron chi connectivity index (χ4n) is 0.705. The third-order valence-electron chi connectivity index (χ3n) is 1.13. The molecule has 0 saturated heterocycles. The van der Waals surface area contributed by atoms with Gasteiger partial charge in [0.15, 0.2) is 5.65 Å². The van der Waals surface area contributed by atoms with Crippen molar-refractivity contribution >= 4 is 41.2 Å². The van der Waals surface area contributed by atoms with Crippen molar-refractivity contribution < 1.29 is 0 Å². The van der Waals surface area contributed by atoms with Gasteiger partial charge in [0, 0.05) is 0 Å². The number of rotatable bonds is 0. The van der Waals surface area contributed by atoms with Gasteiger partial charge in [-0.25, -0.2) is 0 Å². The molecule has 0 N–H and O–H groups in total. The minimum atomic E-state index is 0. The molecule has 0 aliphatic rings. The Bertz CT molecular complexity index is 360. The van der Waals surface area contributed by atoms with E-state index in [1.807, 2.05) is 0 Å². The van der Waals surface area contributed by atoms with E-state index in [1.165, 1.54) is 10.8 Å². The first-order chi connectivity index (χ1) is 4.86. The molecule has 0 spiro atoms. The predicted molar refractivity (Wildman–Crippen MR) is 51.2 cm³/mol. The summed E-state index contributed by atoms with van der Waals surface area (Å²) >= 11 is 5.59. The van der Waals surface area contributed by atoms with Crippen LogP contribution in [0.4, 0.5) is 0 Å². The van der Waals surface area contributed by atoms with Gasteiger partial charge < -0.3 is 0 Å². The van der Waals surface area contributed by atoms with Gasteiger partial charge in [-0.1, -0.05) is 11.6 Å². The number of aromatic nitrogens is 4. The van der Waals surface area contributed by atoms with Gasteiger partial charge in [0.05, 0.1) is 0 Å². The van der Waals surface area contributed by atoms with E-state index in [0.717, 1.165) is 0 Å². The average molecular weight is 282 g/mol. The third kappa shape index (κ3) is 1.59. The predicted octanol–water partition coefficient (Wildman–Crippen LogP) is 1.40. The molecule has 0 amide bonds. The van der Waals surface area contributed by atoms with Crippen molar-refractivity contribution in [3.05, 3.63) is 23.6 Å². The molecule has 0 saturated carbocycles. The van der Waals surface area contributed by atoms with Crippen LogP contribution in [0.25, 0.3) is 5.65 Å². The van der Waals surface area contributed by atoms with E-state index >= 15 is 0 Å². The Morgan fingerprint density at radius 2 is 2.18 bits per heavy atom. The van der Waals surface area contributed by atoms with Crippen molar-refractivity contribution in [1.82, 2.24) is 19.8 Å². The lowest BCUT2D eigenvalue weighted by atomic mass is 10.6. The standard InChI is InChI=1S/C5H3ClN4.HI/c6-4-1-2-5-8-7-3-10(5)9-4;/h1-3H;1H. The van der Waals surface area contributed by atoms with Crippen molar-refractivity contribution in [2.75, 3.05) is 0 Å². The summed E-state index contributed by atoms with van der Waals surface area (Å²) in [5, 5.41) is 11.7. The first kappa shape index (κ1) is 8.66. The van der Waals surface area contributed by atoms with Crippen LogP contribution in [0.15, 0.2) is 18.5 Å². The smallest absolute Gasteiger partial charge is 0.177 e. The van der Waals surface area contributed by atoms with E-state index in [-0.39, 0.29) is 24.0 Å². The van der Waals surface area contributed by atoms with Crippen molar-refractivity contribution in [1.29, 1.82) is 0 Å². The van der Waals surface area contributed by atoms with Crippen LogP contribution in [0.1, 0.15) is 0 Å². The lowest BCUT2D eigenvalue weighted by Crippen LogP contribution is -1.88. The van der Waals surface area contributed by atoms with Crippen molar-refractivity contribution in [2.45, 2.75) is 0 Å². The largest absolute Gasteiger partial charge is 0.199 e. The third-order valence-corrected chi connectivity index (χ3v) is 1.33. The van der Waals surface area contributed by atoms with Gasteiger partial charge >= 0.3 is 0 Å². The van der Waals surface area contributed by atoms with E-state index in [1.54, 1.807) is 12.1 Å². The molecule has 4 nitrogen and oxygen atoms in total. The molecule has 0 fully saturated rings. The molecular formula is C5H4ClIN4. The highest BCUT2D eigenvalue weighted by atomic mass is 127. The molecule has 0 radical (unpaired) electrons. The van der Waals surface area contributed by atoms with Gasteiger partial charge in [-0.15, -0.1) is 34.2 Å². The van der Waals surface area contributed by atoms with Crippen molar-refractivity contribution in [3.63, 3.8) is 0 Å². The highest BCUT2D eigenvalue weighted by molar-refractivity contribution is 14.0. The molecule has 0 aliphatic heterocycles. The topological polar surface area (TPSA) is 43.1 Å². The molecule has 0 aliphatic carbocycles. The molecule has 6 heteroatoms. The van der Waals surface area contributed by atoms with E-state index in [0.29, 0.717) is 10.8 Å². The van der Waals surface area contributed by atoms with Crippen LogP contribution in [0, 0.1) is 0 Å². The minimum Gasteiger partial charge on any atom is -0.199 e. The van der Waals surface area contributed by atoms with Gasteiger partial charge in [0.1, 0.15) is 11.5 Å². The molecule has 0 unspecified atom stereocenters. The molecule has 0 atom stereocenters. The van der Waals surface area contributed by atoms with E-state index in [4.69, 9.17) is 11.6 Å². The van der Waals surface area contributed by atoms with E-state index < -0.39 is 0 Å². The Balaban J connectivity index is 0.000000605. The zero-order valence-corrected chi connectivity index (χ0v) is 8.39. The van der Waals surface area contributed by atoms with Gasteiger partial charge in [-0.05, 0) is 12.1 Å². The summed E-state index contributed by atoms with van der Waals surface area (Å²) in [6, 6.07) is 3.42. The second-order valence-electron chi connectivity index (χ2n) is 1.79.